The van der Waals surface area contributed by atoms with Crippen LogP contribution in [0.1, 0.15) is 134 Å². The first-order chi connectivity index (χ1) is 63.4. The molecule has 42 nitrogen and oxygen atoms in total. The van der Waals surface area contributed by atoms with Crippen molar-refractivity contribution in [3.63, 3.8) is 0 Å². The van der Waals surface area contributed by atoms with Crippen LogP contribution in [0.5, 0.6) is 5.75 Å². The Morgan fingerprint density at radius 3 is 1.87 bits per heavy atom. The predicted octanol–water partition coefficient (Wildman–Crippen LogP) is -1.73. The van der Waals surface area contributed by atoms with Gasteiger partial charge in [0.25, 0.3) is 0 Å². The smallest absolute Gasteiger partial charge is 0.303 e. The maximum Gasteiger partial charge on any atom is 0.303 e. The van der Waals surface area contributed by atoms with E-state index in [1.165, 1.54) is 54.1 Å². The van der Waals surface area contributed by atoms with Gasteiger partial charge in [0.1, 0.15) is 84.4 Å². The van der Waals surface area contributed by atoms with Gasteiger partial charge in [-0.3, -0.25) is 91.3 Å². The van der Waals surface area contributed by atoms with E-state index in [4.69, 9.17) is 32.4 Å². The van der Waals surface area contributed by atoms with E-state index >= 15 is 28.8 Å². The third-order valence-electron chi connectivity index (χ3n) is 22.4. The number of amides is 17. The van der Waals surface area contributed by atoms with Gasteiger partial charge >= 0.3 is 5.97 Å². The number of primary amides is 3. The van der Waals surface area contributed by atoms with Crippen molar-refractivity contribution < 1.29 is 106 Å². The Morgan fingerprint density at radius 2 is 1.24 bits per heavy atom. The van der Waals surface area contributed by atoms with Gasteiger partial charge in [0.15, 0.2) is 0 Å². The number of aromatic nitrogens is 2. The van der Waals surface area contributed by atoms with Crippen LogP contribution in [-0.2, 0) is 117 Å². The van der Waals surface area contributed by atoms with Crippen molar-refractivity contribution in [1.82, 2.24) is 84.0 Å². The summed E-state index contributed by atoms with van der Waals surface area (Å²) in [6.07, 6.45) is -2.62. The molecular weight excluding hydrogens is 1810 g/mol. The zero-order valence-corrected chi connectivity index (χ0v) is 78.8. The molecule has 0 saturated carbocycles. The molecular formula is C90H121ClN20O22S2. The standard InChI is InChI=1S/C90H120N20O22S2.ClH/c1-48-16-14-20-59-57(46-97-72(48)59)42-64-79(122)99-60(21-12-13-34-96-50(3)112)77(120)108-75(89(7,8)134-133-88(5,6)74(98-51(4)113)84(127)104-66(44-69(93)115)81(124)107-73(49(2)111)83(126)102-64)85(128)103-62(39-52-23-26-58(27-24-52)132-37-32-91)78(121)100-63(40-53-22-25-55-18-10-11-19-56(55)38-53)82(125)109-90(30-35-131-36-31-90)87(130)106-61(28-29-71(117)118)76(119)101-65(43-68(92)114)80(123)105-67(41-54-17-15-33-95-45-54)86(129)110(9)47-70(94)116;/h10-11,14-20,22-27,33,38,45-46,49,60-67,73-75,97,111H,12-13,21,28-32,34-37,39-44,47,91H2,1-9H3,(H2,92,114)(H2,93,115)(H2,94,116)(H,96,112)(H,98,113)(H,99,122)(H,100,121)(H,101,119)(H,102,126)(H,103,128)(H,104,127)(H,105,123)(H,106,130)(H,107,124)(H,108,120)(H,109,125)(H,117,118);1H/t49-,60+,61+,62+,63+,64+,65+,66+,67+,73+,74-,75-;/m1./s1. The molecule has 732 valence electrons. The molecule has 0 unspecified atom stereocenters. The summed E-state index contributed by atoms with van der Waals surface area (Å²) >= 11 is 0. The summed E-state index contributed by atoms with van der Waals surface area (Å²) in [7, 11) is 3.01. The van der Waals surface area contributed by atoms with Crippen LogP contribution >= 0.6 is 34.0 Å². The van der Waals surface area contributed by atoms with E-state index in [0.717, 1.165) is 51.3 Å². The predicted molar refractivity (Wildman–Crippen MR) is 501 cm³/mol. The van der Waals surface area contributed by atoms with Gasteiger partial charge in [0.05, 0.1) is 25.5 Å². The van der Waals surface area contributed by atoms with Crippen LogP contribution in [0, 0.1) is 6.92 Å². The number of carboxylic acid groups (broad SMARTS) is 1. The van der Waals surface area contributed by atoms with Crippen LogP contribution in [0.4, 0.5) is 0 Å². The van der Waals surface area contributed by atoms with Crippen molar-refractivity contribution in [3.8, 4) is 5.75 Å². The van der Waals surface area contributed by atoms with E-state index < -0.39 is 227 Å². The van der Waals surface area contributed by atoms with Crippen molar-refractivity contribution in [3.05, 3.63) is 143 Å². The molecule has 2 saturated heterocycles. The number of aryl methyl sites for hydroxylation is 1. The number of para-hydroxylation sites is 1. The Balaban J connectivity index is 0.0000249. The fourth-order valence-corrected chi connectivity index (χ4v) is 18.0. The molecule has 2 fully saturated rings. The van der Waals surface area contributed by atoms with Crippen molar-refractivity contribution in [2.45, 2.75) is 226 Å². The fourth-order valence-electron chi connectivity index (χ4n) is 15.1. The number of hydrogen-bond acceptors (Lipinski definition) is 25. The van der Waals surface area contributed by atoms with E-state index in [1.54, 1.807) is 91.1 Å². The molecule has 4 heterocycles. The number of H-pyrrole nitrogens is 1. The third kappa shape index (κ3) is 32.7. The lowest BCUT2D eigenvalue weighted by Crippen LogP contribution is -2.67. The first kappa shape index (κ1) is 109. The lowest BCUT2D eigenvalue weighted by molar-refractivity contribution is -0.142. The van der Waals surface area contributed by atoms with Gasteiger partial charge in [-0.25, -0.2) is 0 Å². The quantitative estimate of drug-likeness (QED) is 0.0150. The maximum absolute atomic E-state index is 16.4. The number of halogens is 1. The number of aliphatic hydroxyl groups excluding tert-OH is 1. The molecule has 0 bridgehead atoms. The highest BCUT2D eigenvalue weighted by atomic mass is 35.5. The molecule has 24 N–H and O–H groups in total. The van der Waals surface area contributed by atoms with Crippen LogP contribution in [0.25, 0.3) is 21.7 Å². The molecule has 17 amide bonds. The summed E-state index contributed by atoms with van der Waals surface area (Å²) in [6.45, 7) is 10.7. The number of unbranched alkanes of at least 4 members (excludes halogenated alkanes) is 1. The average Bonchev–Trinajstić information content (AvgIpc) is 1.39. The van der Waals surface area contributed by atoms with Crippen molar-refractivity contribution in [2.75, 3.05) is 46.5 Å². The summed E-state index contributed by atoms with van der Waals surface area (Å²) in [4.78, 5) is 266. The van der Waals surface area contributed by atoms with E-state index in [1.807, 2.05) is 19.1 Å². The Hall–Kier alpha value is -13.0. The number of aromatic amines is 1. The summed E-state index contributed by atoms with van der Waals surface area (Å²) in [5.41, 5.74) is 23.5. The molecule has 0 aliphatic carbocycles. The molecule has 45 heteroatoms. The third-order valence-corrected chi connectivity index (χ3v) is 26.6. The molecule has 0 spiro atoms. The van der Waals surface area contributed by atoms with E-state index in [0.29, 0.717) is 44.3 Å². The lowest BCUT2D eigenvalue weighted by Gasteiger charge is -2.39. The minimum Gasteiger partial charge on any atom is -0.492 e. The number of pyridine rings is 1. The number of aliphatic carboxylic acids is 1. The number of likely N-dealkylation sites (N-methyl/N-ethyl adjacent to an activating group) is 1. The largest absolute Gasteiger partial charge is 0.492 e. The minimum absolute atomic E-state index is 0. The Morgan fingerprint density at radius 1 is 0.630 bits per heavy atom. The monoisotopic (exact) mass is 1930 g/mol. The van der Waals surface area contributed by atoms with E-state index in [2.05, 4.69) is 79.1 Å². The normalized spacial score (nSPS) is 19.4. The van der Waals surface area contributed by atoms with Gasteiger partial charge in [-0.15, -0.1) is 12.4 Å². The average molecular weight is 1930 g/mol. The Kier molecular flexibility index (Phi) is 41.1. The minimum atomic E-state index is -2.10. The number of nitrogens with zero attached hydrogens (tertiary/aromatic N) is 2. The lowest BCUT2D eigenvalue weighted by atomic mass is 9.87. The number of carboxylic acids is 1. The number of fused-ring (bicyclic) bond motifs is 2. The number of hydrogen-bond donors (Lipinski definition) is 20. The highest BCUT2D eigenvalue weighted by Gasteiger charge is 2.49. The van der Waals surface area contributed by atoms with Crippen molar-refractivity contribution in [1.29, 1.82) is 0 Å². The number of carbonyl (C=O) groups excluding carboxylic acids is 17. The summed E-state index contributed by atoms with van der Waals surface area (Å²) in [5.74, 6) is -18.6. The van der Waals surface area contributed by atoms with Crippen LogP contribution in [0.15, 0.2) is 116 Å². The molecule has 4 aromatic carbocycles. The van der Waals surface area contributed by atoms with E-state index in [9.17, 15) is 67.7 Å². The second-order valence-electron chi connectivity index (χ2n) is 34.2. The molecule has 12 atom stereocenters. The van der Waals surface area contributed by atoms with Crippen LogP contribution in [0.3, 0.4) is 0 Å². The Labute approximate surface area is 792 Å². The fraction of sp³-hybridized carbons (Fsp3) is 0.478. The molecule has 8 rings (SSSR count). The first-order valence-electron chi connectivity index (χ1n) is 43.5. The zero-order valence-electron chi connectivity index (χ0n) is 76.3. The van der Waals surface area contributed by atoms with E-state index in [-0.39, 0.29) is 103 Å². The highest BCUT2D eigenvalue weighted by molar-refractivity contribution is 8.77. The molecule has 6 aromatic rings. The Bertz CT molecular complexity index is 5280. The molecule has 2 aromatic heterocycles. The molecule has 135 heavy (non-hydrogen) atoms. The number of benzene rings is 4. The number of ether oxygens (including phenoxy) is 2. The van der Waals surface area contributed by atoms with Gasteiger partial charge in [-0.2, -0.15) is 0 Å². The maximum atomic E-state index is 16.4. The number of nitrogens with two attached hydrogens (primary N) is 4. The topological polar surface area (TPSA) is 659 Å². The van der Waals surface area contributed by atoms with Crippen molar-refractivity contribution in [2.24, 2.45) is 22.9 Å². The van der Waals surface area contributed by atoms with Crippen LogP contribution in [-0.4, -0.2) is 266 Å². The zero-order chi connectivity index (χ0) is 98.5. The van der Waals surface area contributed by atoms with Crippen molar-refractivity contribution >= 4 is 162 Å². The SMILES string of the molecule is CC(=O)NCCCC[C@@H]1NC(=O)[C@H](Cc2c[nH]c3c(C)cccc23)NC(=O)[C@H]([C@@H](C)O)NC(=O)[C@H](CC(N)=O)NC(=O)[C@@H](NC(C)=O)C(C)(C)SSC(C)(C)[C@@H](C(=O)N[C@@H](Cc2ccc(OCCN)cc2)C(=O)N[C@@H](Cc2ccc3ccccc3c2)C(=O)NC2(C(=O)N[C@@H](CCC(=O)O)C(=O)N[C@@H](CC(N)=O)C(=O)N[C@@H](Cc3cccnc3)C(=O)N(C)CC(N)=O)CCOCC2)NC1=O.Cl. The summed E-state index contributed by atoms with van der Waals surface area (Å²) in [5, 5.41) is 57.7. The molecule has 2 aliphatic heterocycles. The highest BCUT2D eigenvalue weighted by Crippen LogP contribution is 2.47. The number of rotatable bonds is 40. The van der Waals surface area contributed by atoms with Gasteiger partial charge in [-0.1, -0.05) is 100 Å². The van der Waals surface area contributed by atoms with Gasteiger partial charge in [0, 0.05) is 131 Å². The van der Waals surface area contributed by atoms with Gasteiger partial charge < -0.3 is 122 Å². The second kappa shape index (κ2) is 50.9. The number of nitrogens with one attached hydrogen (secondary N) is 14. The number of aliphatic hydroxyl groups is 1. The summed E-state index contributed by atoms with van der Waals surface area (Å²) < 4.78 is 8.25. The van der Waals surface area contributed by atoms with Crippen LogP contribution < -0.4 is 96.8 Å². The molecule has 2 aliphatic rings. The van der Waals surface area contributed by atoms with Crippen LogP contribution in [0.2, 0.25) is 0 Å². The number of carbonyl (C=O) groups is 18. The van der Waals surface area contributed by atoms with Gasteiger partial charge in [0.2, 0.25) is 100 Å². The van der Waals surface area contributed by atoms with Gasteiger partial charge in [-0.05, 0) is 124 Å². The second-order valence-corrected chi connectivity index (χ2v) is 37.6. The first-order valence-corrected chi connectivity index (χ1v) is 45.7. The summed E-state index contributed by atoms with van der Waals surface area (Å²) in [6, 6.07) is 7.53. The molecule has 0 radical (unpaired) electrons.